The van der Waals surface area contributed by atoms with E-state index in [9.17, 15) is 18.5 Å². The molecule has 1 unspecified atom stereocenters. The molecular weight excluding hydrogens is 570 g/mol. The SMILES string of the molecule is CCCOC(=O)C(C)(C)NP(=O)(CO[C@@H](C)Cn1cnc2c(N)ncnc21)OCc1ccc(F)cc1C(=O)OC(C)C. The van der Waals surface area contributed by atoms with E-state index in [0.29, 0.717) is 17.6 Å². The number of carbonyl (C=O) groups excluding carboxylic acids is 2. The molecule has 0 aliphatic rings. The van der Waals surface area contributed by atoms with Gasteiger partial charge in [0.15, 0.2) is 11.5 Å². The van der Waals surface area contributed by atoms with Crippen LogP contribution in [0.15, 0.2) is 30.9 Å². The zero-order chi connectivity index (χ0) is 31.1. The van der Waals surface area contributed by atoms with Gasteiger partial charge >= 0.3 is 11.9 Å². The number of hydrogen-bond acceptors (Lipinski definition) is 11. The number of rotatable bonds is 15. The Hall–Kier alpha value is -3.45. The summed E-state index contributed by atoms with van der Waals surface area (Å²) in [5, 5.41) is 2.78. The topological polar surface area (TPSA) is 170 Å². The lowest BCUT2D eigenvalue weighted by atomic mass is 10.1. The molecule has 2 atom stereocenters. The summed E-state index contributed by atoms with van der Waals surface area (Å²) in [6.07, 6.45) is 2.07. The van der Waals surface area contributed by atoms with Gasteiger partial charge in [-0.15, -0.1) is 0 Å². The van der Waals surface area contributed by atoms with Crippen LogP contribution in [0.5, 0.6) is 0 Å². The third-order valence-electron chi connectivity index (χ3n) is 5.87. The quantitative estimate of drug-likeness (QED) is 0.186. The summed E-state index contributed by atoms with van der Waals surface area (Å²) in [4.78, 5) is 37.7. The molecule has 0 aliphatic carbocycles. The molecular formula is C27H38FN6O7P. The fraction of sp³-hybridized carbons (Fsp3) is 0.519. The van der Waals surface area contributed by atoms with Crippen molar-refractivity contribution in [1.82, 2.24) is 24.6 Å². The van der Waals surface area contributed by atoms with Gasteiger partial charge in [-0.1, -0.05) is 13.0 Å². The maximum Gasteiger partial charge on any atom is 0.338 e. The minimum absolute atomic E-state index is 0.0700. The molecule has 15 heteroatoms. The number of fused-ring (bicyclic) bond motifs is 1. The lowest BCUT2D eigenvalue weighted by Gasteiger charge is -2.30. The second-order valence-corrected chi connectivity index (χ2v) is 12.6. The molecule has 0 spiro atoms. The van der Waals surface area contributed by atoms with E-state index in [1.165, 1.54) is 26.2 Å². The molecule has 0 aliphatic heterocycles. The molecule has 0 saturated carbocycles. The van der Waals surface area contributed by atoms with E-state index in [0.717, 1.165) is 12.1 Å². The molecule has 2 aromatic heterocycles. The van der Waals surface area contributed by atoms with Gasteiger partial charge in [0.1, 0.15) is 29.5 Å². The van der Waals surface area contributed by atoms with Crippen molar-refractivity contribution >= 4 is 36.4 Å². The van der Waals surface area contributed by atoms with Gasteiger partial charge in [-0.3, -0.25) is 9.36 Å². The predicted octanol–water partition coefficient (Wildman–Crippen LogP) is 4.21. The summed E-state index contributed by atoms with van der Waals surface area (Å²) in [5.74, 6) is -1.79. The Morgan fingerprint density at radius 1 is 1.19 bits per heavy atom. The van der Waals surface area contributed by atoms with Crippen LogP contribution in [0, 0.1) is 5.82 Å². The maximum atomic E-state index is 14.2. The number of hydrogen-bond donors (Lipinski definition) is 2. The van der Waals surface area contributed by atoms with Crippen molar-refractivity contribution in [3.8, 4) is 0 Å². The molecule has 1 aromatic carbocycles. The molecule has 230 valence electrons. The number of anilines is 1. The van der Waals surface area contributed by atoms with Crippen molar-refractivity contribution < 1.29 is 37.3 Å². The Bertz CT molecular complexity index is 1450. The average Bonchev–Trinajstić information content (AvgIpc) is 3.33. The van der Waals surface area contributed by atoms with Crippen molar-refractivity contribution in [2.75, 3.05) is 18.7 Å². The van der Waals surface area contributed by atoms with E-state index in [-0.39, 0.29) is 36.7 Å². The number of aromatic nitrogens is 4. The Kier molecular flexibility index (Phi) is 11.1. The normalized spacial score (nSPS) is 14.1. The number of nitrogen functional groups attached to an aromatic ring is 1. The molecule has 2 heterocycles. The summed E-state index contributed by atoms with van der Waals surface area (Å²) in [7, 11) is -3.97. The predicted molar refractivity (Wildman–Crippen MR) is 153 cm³/mol. The summed E-state index contributed by atoms with van der Waals surface area (Å²) < 4.78 is 52.1. The van der Waals surface area contributed by atoms with Crippen molar-refractivity contribution in [3.05, 3.63) is 47.8 Å². The monoisotopic (exact) mass is 608 g/mol. The molecule has 3 aromatic rings. The third kappa shape index (κ3) is 8.78. The number of carbonyl (C=O) groups is 2. The maximum absolute atomic E-state index is 14.2. The van der Waals surface area contributed by atoms with Crippen molar-refractivity contribution in [2.24, 2.45) is 0 Å². The summed E-state index contributed by atoms with van der Waals surface area (Å²) in [5.41, 5.74) is 5.56. The number of halogens is 1. The largest absolute Gasteiger partial charge is 0.464 e. The van der Waals surface area contributed by atoms with E-state index in [2.05, 4.69) is 20.0 Å². The zero-order valence-electron chi connectivity index (χ0n) is 24.6. The van der Waals surface area contributed by atoms with Gasteiger partial charge in [0, 0.05) is 0 Å². The minimum Gasteiger partial charge on any atom is -0.464 e. The molecule has 0 saturated heterocycles. The average molecular weight is 609 g/mol. The van der Waals surface area contributed by atoms with E-state index in [4.69, 9.17) is 24.5 Å². The number of esters is 2. The van der Waals surface area contributed by atoms with Crippen LogP contribution in [0.25, 0.3) is 11.2 Å². The molecule has 0 bridgehead atoms. The Balaban J connectivity index is 1.81. The lowest BCUT2D eigenvalue weighted by Crippen LogP contribution is -2.47. The standard InChI is InChI=1S/C27H38FN6O7P/c1-7-10-38-26(36)27(5,6)33-42(37,40-13-19-8-9-20(28)11-21(19)25(35)41-17(2)3)16-39-18(4)12-34-15-32-22-23(29)30-14-31-24(22)34/h8-9,11,14-15,17-18H,7,10,12-13,16H2,1-6H3,(H,33,37)(H2,29,30,31)/t18-,42?/m0/s1. The van der Waals surface area contributed by atoms with Crippen molar-refractivity contribution in [1.29, 1.82) is 0 Å². The number of imidazole rings is 1. The summed E-state index contributed by atoms with van der Waals surface area (Å²) in [6, 6.07) is 3.52. The Morgan fingerprint density at radius 3 is 2.62 bits per heavy atom. The Morgan fingerprint density at radius 2 is 1.93 bits per heavy atom. The van der Waals surface area contributed by atoms with Crippen LogP contribution in [-0.4, -0.2) is 62.2 Å². The minimum atomic E-state index is -3.97. The zero-order valence-corrected chi connectivity index (χ0v) is 25.5. The number of nitrogens with one attached hydrogen (secondary N) is 1. The fourth-order valence-electron chi connectivity index (χ4n) is 3.85. The molecule has 0 amide bonds. The van der Waals surface area contributed by atoms with E-state index in [1.54, 1.807) is 31.7 Å². The second-order valence-electron chi connectivity index (χ2n) is 10.5. The van der Waals surface area contributed by atoms with Crippen LogP contribution < -0.4 is 10.8 Å². The van der Waals surface area contributed by atoms with Crippen LogP contribution in [0.1, 0.15) is 63.9 Å². The first-order chi connectivity index (χ1) is 19.7. The van der Waals surface area contributed by atoms with Gasteiger partial charge in [0.2, 0.25) is 0 Å². The van der Waals surface area contributed by atoms with Gasteiger partial charge in [-0.05, 0) is 58.7 Å². The van der Waals surface area contributed by atoms with Crippen molar-refractivity contribution in [3.63, 3.8) is 0 Å². The summed E-state index contributed by atoms with van der Waals surface area (Å²) in [6.45, 7) is 10.0. The number of nitrogens with zero attached hydrogens (tertiary/aromatic N) is 4. The molecule has 3 N–H and O–H groups in total. The first kappa shape index (κ1) is 33.1. The molecule has 0 radical (unpaired) electrons. The molecule has 42 heavy (non-hydrogen) atoms. The fourth-order valence-corrected chi connectivity index (χ4v) is 5.80. The van der Waals surface area contributed by atoms with E-state index in [1.807, 2.05) is 6.92 Å². The van der Waals surface area contributed by atoms with Crippen LogP contribution >= 0.6 is 7.52 Å². The van der Waals surface area contributed by atoms with Gasteiger partial charge < -0.3 is 29.0 Å². The highest BCUT2D eigenvalue weighted by molar-refractivity contribution is 7.56. The first-order valence-electron chi connectivity index (χ1n) is 13.5. The molecule has 3 rings (SSSR count). The highest BCUT2D eigenvalue weighted by Crippen LogP contribution is 2.46. The lowest BCUT2D eigenvalue weighted by molar-refractivity contribution is -0.149. The van der Waals surface area contributed by atoms with E-state index < -0.39 is 49.4 Å². The van der Waals surface area contributed by atoms with Crippen LogP contribution in [0.3, 0.4) is 0 Å². The van der Waals surface area contributed by atoms with Gasteiger partial charge in [0.05, 0.1) is 43.9 Å². The van der Waals surface area contributed by atoms with Crippen LogP contribution in [0.4, 0.5) is 10.2 Å². The Labute approximate surface area is 243 Å². The van der Waals surface area contributed by atoms with Gasteiger partial charge in [0.25, 0.3) is 7.52 Å². The third-order valence-corrected chi connectivity index (χ3v) is 7.81. The summed E-state index contributed by atoms with van der Waals surface area (Å²) >= 11 is 0. The smallest absolute Gasteiger partial charge is 0.338 e. The van der Waals surface area contributed by atoms with Gasteiger partial charge in [-0.25, -0.2) is 29.2 Å². The number of ether oxygens (including phenoxy) is 3. The van der Waals surface area contributed by atoms with E-state index >= 15 is 0 Å². The molecule has 13 nitrogen and oxygen atoms in total. The van der Waals surface area contributed by atoms with Crippen LogP contribution in [-0.2, 0) is 41.2 Å². The van der Waals surface area contributed by atoms with Crippen LogP contribution in [0.2, 0.25) is 0 Å². The first-order valence-corrected chi connectivity index (χ1v) is 15.3. The highest BCUT2D eigenvalue weighted by atomic mass is 31.2. The highest BCUT2D eigenvalue weighted by Gasteiger charge is 2.39. The van der Waals surface area contributed by atoms with Gasteiger partial charge in [-0.2, -0.15) is 0 Å². The molecule has 0 fully saturated rings. The number of benzene rings is 1. The van der Waals surface area contributed by atoms with Crippen molar-refractivity contribution in [2.45, 2.75) is 78.9 Å². The number of nitrogens with two attached hydrogens (primary N) is 1. The second kappa shape index (κ2) is 14.1.